The number of aromatic hydroxyl groups is 2. The van der Waals surface area contributed by atoms with E-state index in [1.165, 1.54) is 12.4 Å². The summed E-state index contributed by atoms with van der Waals surface area (Å²) in [5.74, 6) is 0.308. The molecule has 11 nitrogen and oxygen atoms in total. The Morgan fingerprint density at radius 2 is 0.971 bits per heavy atom. The Labute approximate surface area is 209 Å². The fraction of sp³-hybridized carbons (Fsp3) is 0.300. The second kappa shape index (κ2) is 17.4. The van der Waals surface area contributed by atoms with Gasteiger partial charge in [-0.3, -0.25) is 9.98 Å². The molecule has 0 spiro atoms. The molecule has 2 aromatic rings. The minimum atomic E-state index is -3.92. The van der Waals surface area contributed by atoms with Gasteiger partial charge in [-0.15, -0.1) is 0 Å². The van der Waals surface area contributed by atoms with Crippen LogP contribution < -0.4 is 0 Å². The maximum atomic E-state index is 9.39. The normalized spacial score (nSPS) is 11.6. The summed E-state index contributed by atoms with van der Waals surface area (Å²) >= 11 is 1.06. The van der Waals surface area contributed by atoms with Crippen molar-refractivity contribution in [2.24, 2.45) is 9.98 Å². The van der Waals surface area contributed by atoms with Crippen LogP contribution in [0.2, 0.25) is 12.1 Å². The van der Waals surface area contributed by atoms with E-state index < -0.39 is 17.6 Å². The first-order valence-corrected chi connectivity index (χ1v) is 14.7. The maximum absolute atomic E-state index is 9.39. The molecule has 0 saturated heterocycles. The minimum absolute atomic E-state index is 0.0227. The van der Waals surface area contributed by atoms with Crippen molar-refractivity contribution in [3.8, 4) is 11.5 Å². The van der Waals surface area contributed by atoms with Gasteiger partial charge in [-0.25, -0.2) is 0 Å². The molecule has 0 fully saturated rings. The molecule has 0 bridgehead atoms. The van der Waals surface area contributed by atoms with Gasteiger partial charge in [0.05, 0.1) is 0 Å². The van der Waals surface area contributed by atoms with Crippen LogP contribution in [-0.4, -0.2) is 82.1 Å². The predicted octanol–water partition coefficient (Wildman–Crippen LogP) is 0.113. The van der Waals surface area contributed by atoms with Crippen LogP contribution in [0.15, 0.2) is 58.5 Å². The second-order valence-corrected chi connectivity index (χ2v) is 11.0. The number of phenols is 2. The van der Waals surface area contributed by atoms with Gasteiger partial charge < -0.3 is 39.0 Å². The van der Waals surface area contributed by atoms with Gasteiger partial charge >= 0.3 is 38.7 Å². The van der Waals surface area contributed by atoms with Crippen molar-refractivity contribution in [2.75, 3.05) is 13.1 Å². The number of phenolic OH excluding ortho intramolecular Hbond substituents is 2. The molecular formula is C20H30N2O9Si2V. The molecule has 0 radical (unpaired) electrons. The van der Waals surface area contributed by atoms with Crippen LogP contribution >= 0.6 is 0 Å². The summed E-state index contributed by atoms with van der Waals surface area (Å²) < 4.78 is 8.19. The average Bonchev–Trinajstić information content (AvgIpc) is 2.76. The molecular weight excluding hydrogens is 519 g/mol. The molecule has 0 aliphatic carbocycles. The Morgan fingerprint density at radius 3 is 1.26 bits per heavy atom. The third-order valence-corrected chi connectivity index (χ3v) is 5.98. The number of nitrogens with zero attached hydrogens (tertiary/aromatic N) is 2. The monoisotopic (exact) mass is 549 g/mol. The number of hydrogen-bond acceptors (Lipinski definition) is 11. The van der Waals surface area contributed by atoms with Crippen molar-refractivity contribution in [3.63, 3.8) is 0 Å². The molecule has 0 amide bonds. The number of benzene rings is 2. The number of hydrogen-bond donors (Lipinski definition) is 8. The van der Waals surface area contributed by atoms with Gasteiger partial charge in [-0.1, -0.05) is 24.3 Å². The van der Waals surface area contributed by atoms with Crippen LogP contribution in [-0.2, 0) is 21.0 Å². The number of para-hydroxylation sites is 2. The molecule has 0 aliphatic heterocycles. The Morgan fingerprint density at radius 1 is 0.647 bits per heavy atom. The first kappa shape index (κ1) is 32.0. The van der Waals surface area contributed by atoms with E-state index in [-0.39, 0.29) is 23.6 Å². The van der Waals surface area contributed by atoms with Crippen LogP contribution in [0.3, 0.4) is 0 Å². The fourth-order valence-electron chi connectivity index (χ4n) is 2.33. The second-order valence-electron chi connectivity index (χ2n) is 6.94. The molecule has 0 aliphatic rings. The zero-order chi connectivity index (χ0) is 26.0. The summed E-state index contributed by atoms with van der Waals surface area (Å²) in [6, 6.07) is 13.5. The topological polar surface area (TPSA) is 204 Å². The zero-order valence-electron chi connectivity index (χ0n) is 18.3. The van der Waals surface area contributed by atoms with Gasteiger partial charge in [0.25, 0.3) is 0 Å². The summed E-state index contributed by atoms with van der Waals surface area (Å²) in [4.78, 5) is 60.4. The van der Waals surface area contributed by atoms with E-state index in [1.54, 1.807) is 48.5 Å². The molecule has 0 saturated carbocycles. The summed E-state index contributed by atoms with van der Waals surface area (Å²) in [7, 11) is -7.84. The van der Waals surface area contributed by atoms with Gasteiger partial charge in [-0.05, 0) is 37.1 Å². The van der Waals surface area contributed by atoms with E-state index in [9.17, 15) is 10.2 Å². The van der Waals surface area contributed by atoms with Gasteiger partial charge in [0, 0.05) is 48.7 Å². The van der Waals surface area contributed by atoms with Crippen molar-refractivity contribution >= 4 is 30.0 Å². The van der Waals surface area contributed by atoms with Crippen LogP contribution in [0.4, 0.5) is 0 Å². The van der Waals surface area contributed by atoms with Crippen LogP contribution in [0.25, 0.3) is 0 Å². The van der Waals surface area contributed by atoms with Crippen molar-refractivity contribution in [2.45, 2.75) is 24.9 Å². The molecule has 2 aromatic carbocycles. The van der Waals surface area contributed by atoms with E-state index in [4.69, 9.17) is 32.4 Å². The Balaban J connectivity index is 0.000000597. The molecule has 34 heavy (non-hydrogen) atoms. The van der Waals surface area contributed by atoms with E-state index in [1.807, 2.05) is 0 Å². The van der Waals surface area contributed by atoms with E-state index >= 15 is 0 Å². The third kappa shape index (κ3) is 17.4. The number of rotatable bonds is 10. The molecule has 2 rings (SSSR count). The van der Waals surface area contributed by atoms with Crippen molar-refractivity contribution in [1.29, 1.82) is 0 Å². The van der Waals surface area contributed by atoms with Crippen molar-refractivity contribution in [1.82, 2.24) is 0 Å². The molecule has 0 heterocycles. The SMILES string of the molecule is Oc1ccccc1C=NCCC[Si](O)(O)O.Oc1ccccc1C=NCCC[Si](O)(O)O.[O]=[V]. The van der Waals surface area contributed by atoms with E-state index in [0.717, 1.165) is 17.4 Å². The quantitative estimate of drug-likeness (QED) is 0.115. The van der Waals surface area contributed by atoms with Gasteiger partial charge in [0.1, 0.15) is 11.5 Å². The number of aliphatic imine (C=N–C) groups is 2. The van der Waals surface area contributed by atoms with Crippen LogP contribution in [0.1, 0.15) is 24.0 Å². The Hall–Kier alpha value is -2.04. The third-order valence-electron chi connectivity index (χ3n) is 3.93. The van der Waals surface area contributed by atoms with E-state index in [2.05, 4.69) is 9.98 Å². The van der Waals surface area contributed by atoms with E-state index in [0.29, 0.717) is 37.1 Å². The summed E-state index contributed by atoms with van der Waals surface area (Å²) in [5, 5.41) is 18.8. The Bertz CT molecular complexity index is 819. The molecule has 8 N–H and O–H groups in total. The molecule has 0 unspecified atom stereocenters. The zero-order valence-corrected chi connectivity index (χ0v) is 21.7. The fourth-order valence-corrected chi connectivity index (χ4v) is 3.60. The summed E-state index contributed by atoms with van der Waals surface area (Å²) in [6.07, 6.45) is 3.84. The van der Waals surface area contributed by atoms with Crippen LogP contribution in [0.5, 0.6) is 11.5 Å². The molecule has 0 atom stereocenters. The summed E-state index contributed by atoms with van der Waals surface area (Å²) in [6.45, 7) is 0.759. The predicted molar refractivity (Wildman–Crippen MR) is 125 cm³/mol. The van der Waals surface area contributed by atoms with Gasteiger partial charge in [-0.2, -0.15) is 0 Å². The van der Waals surface area contributed by atoms with Crippen molar-refractivity contribution < 1.29 is 60.0 Å². The van der Waals surface area contributed by atoms with Gasteiger partial charge in [0.2, 0.25) is 0 Å². The first-order valence-electron chi connectivity index (χ1n) is 10.1. The molecule has 14 heteroatoms. The average molecular weight is 550 g/mol. The molecule has 187 valence electrons. The van der Waals surface area contributed by atoms with Crippen molar-refractivity contribution in [3.05, 3.63) is 59.7 Å². The Kier molecular flexibility index (Phi) is 16.4. The van der Waals surface area contributed by atoms with Gasteiger partial charge in [0.15, 0.2) is 0 Å². The van der Waals surface area contributed by atoms with Crippen LogP contribution in [0, 0.1) is 0 Å². The molecule has 0 aromatic heterocycles. The standard InChI is InChI=1S/2C10H15NO4Si.O.V/c2*12-10-5-2-1-4-9(10)8-11-6-3-7-16(13,14)15;;/h2*1-2,4-5,8,12-15H,3,6-7H2;;. The first-order chi connectivity index (χ1) is 16.0. The summed E-state index contributed by atoms with van der Waals surface area (Å²) in [5.41, 5.74) is 1.23.